The SMILES string of the molecule is Brc1ccc(-c2csc(=NCc3ccccc3)n2N=Cc2ccc[nH]2)cc1. The van der Waals surface area contributed by atoms with Gasteiger partial charge >= 0.3 is 0 Å². The summed E-state index contributed by atoms with van der Waals surface area (Å²) in [5, 5.41) is 6.78. The van der Waals surface area contributed by atoms with E-state index in [1.54, 1.807) is 11.3 Å². The first-order chi connectivity index (χ1) is 13.3. The van der Waals surface area contributed by atoms with Crippen molar-refractivity contribution in [3.05, 3.63) is 98.8 Å². The number of aromatic amines is 1. The van der Waals surface area contributed by atoms with Crippen LogP contribution in [0.25, 0.3) is 11.3 Å². The zero-order chi connectivity index (χ0) is 18.5. The number of hydrogen-bond donors (Lipinski definition) is 1. The molecule has 0 aliphatic rings. The van der Waals surface area contributed by atoms with Crippen LogP contribution in [0.3, 0.4) is 0 Å². The fourth-order valence-corrected chi connectivity index (χ4v) is 3.73. The molecule has 2 heterocycles. The molecule has 4 nitrogen and oxygen atoms in total. The van der Waals surface area contributed by atoms with Crippen molar-refractivity contribution in [3.8, 4) is 11.3 Å². The Kier molecular flexibility index (Phi) is 5.46. The number of hydrogen-bond acceptors (Lipinski definition) is 3. The van der Waals surface area contributed by atoms with Gasteiger partial charge in [0.1, 0.15) is 0 Å². The Labute approximate surface area is 169 Å². The van der Waals surface area contributed by atoms with Crippen LogP contribution >= 0.6 is 27.3 Å². The van der Waals surface area contributed by atoms with Crippen LogP contribution in [0.1, 0.15) is 11.3 Å². The fraction of sp³-hybridized carbons (Fsp3) is 0.0476. The van der Waals surface area contributed by atoms with Gasteiger partial charge < -0.3 is 4.98 Å². The normalized spacial score (nSPS) is 12.1. The Balaban J connectivity index is 1.75. The average Bonchev–Trinajstić information content (AvgIpc) is 3.36. The Bertz CT molecular complexity index is 1090. The summed E-state index contributed by atoms with van der Waals surface area (Å²) in [5.41, 5.74) is 4.24. The molecule has 27 heavy (non-hydrogen) atoms. The molecule has 2 aromatic carbocycles. The van der Waals surface area contributed by atoms with Crippen LogP contribution in [0.4, 0.5) is 0 Å². The molecule has 1 N–H and O–H groups in total. The minimum atomic E-state index is 0.624. The Morgan fingerprint density at radius 3 is 2.56 bits per heavy atom. The zero-order valence-corrected chi connectivity index (χ0v) is 16.8. The van der Waals surface area contributed by atoms with Crippen LogP contribution < -0.4 is 4.80 Å². The highest BCUT2D eigenvalue weighted by atomic mass is 79.9. The molecule has 0 fully saturated rings. The van der Waals surface area contributed by atoms with Crippen LogP contribution in [-0.4, -0.2) is 15.9 Å². The van der Waals surface area contributed by atoms with Crippen LogP contribution in [0.2, 0.25) is 0 Å². The third-order valence-corrected chi connectivity index (χ3v) is 5.38. The lowest BCUT2D eigenvalue weighted by atomic mass is 10.2. The Hall–Kier alpha value is -2.70. The van der Waals surface area contributed by atoms with Crippen molar-refractivity contribution >= 4 is 33.5 Å². The molecule has 0 aliphatic carbocycles. The highest BCUT2D eigenvalue weighted by Crippen LogP contribution is 2.22. The van der Waals surface area contributed by atoms with E-state index in [4.69, 9.17) is 4.99 Å². The van der Waals surface area contributed by atoms with Gasteiger partial charge in [0.2, 0.25) is 4.80 Å². The maximum absolute atomic E-state index is 4.79. The highest BCUT2D eigenvalue weighted by molar-refractivity contribution is 9.10. The second-order valence-electron chi connectivity index (χ2n) is 5.89. The predicted octanol–water partition coefficient (Wildman–Crippen LogP) is 5.29. The maximum Gasteiger partial charge on any atom is 0.206 e. The topological polar surface area (TPSA) is 45.4 Å². The molecule has 6 heteroatoms. The van der Waals surface area contributed by atoms with Gasteiger partial charge in [-0.05, 0) is 29.8 Å². The van der Waals surface area contributed by atoms with E-state index in [-0.39, 0.29) is 0 Å². The van der Waals surface area contributed by atoms with Crippen LogP contribution in [0.5, 0.6) is 0 Å². The van der Waals surface area contributed by atoms with Gasteiger partial charge in [-0.1, -0.05) is 58.4 Å². The first kappa shape index (κ1) is 17.7. The molecule has 4 aromatic rings. The van der Waals surface area contributed by atoms with Gasteiger partial charge in [0.05, 0.1) is 24.1 Å². The lowest BCUT2D eigenvalue weighted by Gasteiger charge is -2.04. The number of H-pyrrole nitrogens is 1. The van der Waals surface area contributed by atoms with Gasteiger partial charge in [0.25, 0.3) is 0 Å². The number of benzene rings is 2. The largest absolute Gasteiger partial charge is 0.360 e. The van der Waals surface area contributed by atoms with Gasteiger partial charge in [-0.3, -0.25) is 4.99 Å². The van der Waals surface area contributed by atoms with Crippen molar-refractivity contribution in [1.82, 2.24) is 9.66 Å². The predicted molar refractivity (Wildman–Crippen MR) is 115 cm³/mol. The van der Waals surface area contributed by atoms with E-state index in [0.29, 0.717) is 6.54 Å². The number of halogens is 1. The smallest absolute Gasteiger partial charge is 0.206 e. The molecule has 0 saturated carbocycles. The van der Waals surface area contributed by atoms with E-state index in [9.17, 15) is 0 Å². The average molecular weight is 437 g/mol. The van der Waals surface area contributed by atoms with E-state index in [2.05, 4.69) is 55.7 Å². The molecule has 0 spiro atoms. The molecule has 0 unspecified atom stereocenters. The number of nitrogens with one attached hydrogen (secondary N) is 1. The minimum Gasteiger partial charge on any atom is -0.360 e. The van der Waals surface area contributed by atoms with E-state index in [1.807, 2.05) is 59.6 Å². The summed E-state index contributed by atoms with van der Waals surface area (Å²) >= 11 is 5.09. The summed E-state index contributed by atoms with van der Waals surface area (Å²) in [6.45, 7) is 0.624. The summed E-state index contributed by atoms with van der Waals surface area (Å²) < 4.78 is 2.95. The number of thiazole rings is 1. The standard InChI is InChI=1S/C21H17BrN4S/c22-18-10-8-17(9-11-18)20-15-27-21(24-13-16-5-2-1-3-6-16)26(20)25-14-19-7-4-12-23-19/h1-12,14-15,23H,13H2. The van der Waals surface area contributed by atoms with Crippen molar-refractivity contribution in [1.29, 1.82) is 0 Å². The summed E-state index contributed by atoms with van der Waals surface area (Å²) in [6.07, 6.45) is 3.70. The molecular weight excluding hydrogens is 420 g/mol. The van der Waals surface area contributed by atoms with Gasteiger partial charge in [-0.2, -0.15) is 5.10 Å². The van der Waals surface area contributed by atoms with Gasteiger partial charge in [-0.15, -0.1) is 11.3 Å². The van der Waals surface area contributed by atoms with E-state index in [1.165, 1.54) is 5.56 Å². The third kappa shape index (κ3) is 4.35. The molecule has 0 saturated heterocycles. The second kappa shape index (κ2) is 8.33. The molecule has 0 atom stereocenters. The number of aromatic nitrogens is 2. The maximum atomic E-state index is 4.79. The molecule has 0 amide bonds. The summed E-state index contributed by atoms with van der Waals surface area (Å²) in [6, 6.07) is 22.4. The monoisotopic (exact) mass is 436 g/mol. The van der Waals surface area contributed by atoms with Crippen LogP contribution in [0, 0.1) is 0 Å². The molecule has 4 rings (SSSR count). The molecule has 0 bridgehead atoms. The van der Waals surface area contributed by atoms with Gasteiger partial charge in [0.15, 0.2) is 0 Å². The molecular formula is C21H17BrN4S. The van der Waals surface area contributed by atoms with Crippen LogP contribution in [0.15, 0.2) is 92.9 Å². The summed E-state index contributed by atoms with van der Waals surface area (Å²) in [7, 11) is 0. The number of rotatable bonds is 5. The zero-order valence-electron chi connectivity index (χ0n) is 14.4. The lowest BCUT2D eigenvalue weighted by Crippen LogP contribution is -2.12. The van der Waals surface area contributed by atoms with Gasteiger partial charge in [-0.25, -0.2) is 4.68 Å². The molecule has 0 radical (unpaired) electrons. The van der Waals surface area contributed by atoms with Gasteiger partial charge in [0, 0.05) is 21.6 Å². The van der Waals surface area contributed by atoms with Crippen molar-refractivity contribution in [3.63, 3.8) is 0 Å². The first-order valence-corrected chi connectivity index (χ1v) is 10.2. The third-order valence-electron chi connectivity index (χ3n) is 4.00. The van der Waals surface area contributed by atoms with E-state index < -0.39 is 0 Å². The first-order valence-electron chi connectivity index (χ1n) is 8.48. The summed E-state index contributed by atoms with van der Waals surface area (Å²) in [5.74, 6) is 0. The molecule has 134 valence electrons. The van der Waals surface area contributed by atoms with E-state index >= 15 is 0 Å². The second-order valence-corrected chi connectivity index (χ2v) is 7.65. The van der Waals surface area contributed by atoms with E-state index in [0.717, 1.165) is 26.2 Å². The highest BCUT2D eigenvalue weighted by Gasteiger charge is 2.07. The Morgan fingerprint density at radius 1 is 1.00 bits per heavy atom. The Morgan fingerprint density at radius 2 is 1.81 bits per heavy atom. The lowest BCUT2D eigenvalue weighted by molar-refractivity contribution is 0.824. The van der Waals surface area contributed by atoms with Crippen molar-refractivity contribution in [2.24, 2.45) is 10.1 Å². The van der Waals surface area contributed by atoms with Crippen LogP contribution in [-0.2, 0) is 6.54 Å². The van der Waals surface area contributed by atoms with Crippen molar-refractivity contribution < 1.29 is 0 Å². The van der Waals surface area contributed by atoms with Crippen molar-refractivity contribution in [2.45, 2.75) is 6.54 Å². The minimum absolute atomic E-state index is 0.624. The number of nitrogens with zero attached hydrogens (tertiary/aromatic N) is 3. The summed E-state index contributed by atoms with van der Waals surface area (Å²) in [4.78, 5) is 8.80. The molecule has 2 aromatic heterocycles. The molecule has 0 aliphatic heterocycles. The quantitative estimate of drug-likeness (QED) is 0.413. The fourth-order valence-electron chi connectivity index (χ4n) is 2.63. The van der Waals surface area contributed by atoms with Crippen molar-refractivity contribution in [2.75, 3.05) is 0 Å².